The minimum atomic E-state index is -0.107. The van der Waals surface area contributed by atoms with Gasteiger partial charge in [-0.25, -0.2) is 0 Å². The van der Waals surface area contributed by atoms with Crippen molar-refractivity contribution in [2.45, 2.75) is 58.8 Å². The van der Waals surface area contributed by atoms with Crippen molar-refractivity contribution < 1.29 is 9.32 Å². The highest BCUT2D eigenvalue weighted by atomic mass is 16.5. The molecule has 0 aliphatic rings. The van der Waals surface area contributed by atoms with Gasteiger partial charge in [0.05, 0.1) is 0 Å². The van der Waals surface area contributed by atoms with E-state index in [2.05, 4.69) is 27.7 Å². The summed E-state index contributed by atoms with van der Waals surface area (Å²) in [6, 6.07) is 0. The molecule has 1 aromatic heterocycles. The van der Waals surface area contributed by atoms with Crippen LogP contribution >= 0.6 is 0 Å². The number of amides is 1. The van der Waals surface area contributed by atoms with Crippen molar-refractivity contribution in [3.05, 3.63) is 11.7 Å². The maximum atomic E-state index is 11.6. The largest absolute Gasteiger partial charge is 0.355 e. The average Bonchev–Trinajstić information content (AvgIpc) is 2.87. The quantitative estimate of drug-likeness (QED) is 0.679. The van der Waals surface area contributed by atoms with Crippen molar-refractivity contribution in [1.82, 2.24) is 20.8 Å². The van der Waals surface area contributed by atoms with Gasteiger partial charge in [-0.3, -0.25) is 4.79 Å². The maximum absolute atomic E-state index is 11.6. The summed E-state index contributed by atoms with van der Waals surface area (Å²) in [6.45, 7) is 10.7. The Morgan fingerprint density at radius 3 is 2.62 bits per heavy atom. The van der Waals surface area contributed by atoms with E-state index >= 15 is 0 Å². The Bertz CT molecular complexity index is 424. The van der Waals surface area contributed by atoms with Crippen molar-refractivity contribution in [3.8, 4) is 0 Å². The van der Waals surface area contributed by atoms with Gasteiger partial charge in [0.1, 0.15) is 0 Å². The zero-order chi connectivity index (χ0) is 15.7. The third kappa shape index (κ3) is 7.22. The molecule has 0 fully saturated rings. The normalized spacial score (nSPS) is 11.6. The SMILES string of the molecule is CCCNCCNC(=O)CCCc1nc(C(C)(C)C)no1. The number of carbonyl (C=O) groups excluding carboxylic acids is 1. The summed E-state index contributed by atoms with van der Waals surface area (Å²) in [5, 5.41) is 10.1. The lowest BCUT2D eigenvalue weighted by Gasteiger charge is -2.10. The minimum Gasteiger partial charge on any atom is -0.355 e. The smallest absolute Gasteiger partial charge is 0.226 e. The molecule has 0 saturated heterocycles. The lowest BCUT2D eigenvalue weighted by Crippen LogP contribution is -2.31. The fourth-order valence-corrected chi connectivity index (χ4v) is 1.74. The van der Waals surface area contributed by atoms with Gasteiger partial charge in [0.15, 0.2) is 5.82 Å². The standard InChI is InChI=1S/C15H28N4O2/c1-5-9-16-10-11-17-12(20)7-6-8-13-18-14(19-21-13)15(2,3)4/h16H,5-11H2,1-4H3,(H,17,20). The Hall–Kier alpha value is -1.43. The van der Waals surface area contributed by atoms with Gasteiger partial charge in [-0.15, -0.1) is 0 Å². The number of nitrogens with one attached hydrogen (secondary N) is 2. The Labute approximate surface area is 127 Å². The van der Waals surface area contributed by atoms with Crippen LogP contribution in [0.2, 0.25) is 0 Å². The molecule has 0 aliphatic heterocycles. The van der Waals surface area contributed by atoms with Crippen LogP contribution in [0.15, 0.2) is 4.52 Å². The lowest BCUT2D eigenvalue weighted by molar-refractivity contribution is -0.121. The van der Waals surface area contributed by atoms with Crippen LogP contribution in [0.1, 0.15) is 58.7 Å². The summed E-state index contributed by atoms with van der Waals surface area (Å²) in [5.74, 6) is 1.39. The Morgan fingerprint density at radius 2 is 2.00 bits per heavy atom. The highest BCUT2D eigenvalue weighted by Gasteiger charge is 2.20. The van der Waals surface area contributed by atoms with Gasteiger partial charge < -0.3 is 15.2 Å². The van der Waals surface area contributed by atoms with E-state index in [4.69, 9.17) is 4.52 Å². The second-order valence-electron chi connectivity index (χ2n) is 6.22. The Kier molecular flexibility index (Phi) is 7.36. The molecule has 6 heteroatoms. The summed E-state index contributed by atoms with van der Waals surface area (Å²) >= 11 is 0. The molecule has 1 aromatic rings. The molecule has 6 nitrogen and oxygen atoms in total. The van der Waals surface area contributed by atoms with Crippen LogP contribution in [0.3, 0.4) is 0 Å². The Morgan fingerprint density at radius 1 is 1.24 bits per heavy atom. The fourth-order valence-electron chi connectivity index (χ4n) is 1.74. The summed E-state index contributed by atoms with van der Waals surface area (Å²) in [4.78, 5) is 16.0. The van der Waals surface area contributed by atoms with Gasteiger partial charge in [0, 0.05) is 31.3 Å². The second-order valence-corrected chi connectivity index (χ2v) is 6.22. The van der Waals surface area contributed by atoms with Gasteiger partial charge in [-0.2, -0.15) is 4.98 Å². The molecule has 0 bridgehead atoms. The summed E-state index contributed by atoms with van der Waals surface area (Å²) in [6.07, 6.45) is 2.96. The first-order valence-corrected chi connectivity index (χ1v) is 7.74. The van der Waals surface area contributed by atoms with E-state index in [-0.39, 0.29) is 11.3 Å². The van der Waals surface area contributed by atoms with Crippen molar-refractivity contribution in [2.75, 3.05) is 19.6 Å². The van der Waals surface area contributed by atoms with E-state index < -0.39 is 0 Å². The minimum absolute atomic E-state index is 0.0730. The van der Waals surface area contributed by atoms with Crippen LogP contribution in [0, 0.1) is 0 Å². The first kappa shape index (κ1) is 17.6. The van der Waals surface area contributed by atoms with E-state index in [9.17, 15) is 4.79 Å². The van der Waals surface area contributed by atoms with Crippen LogP contribution in [0.25, 0.3) is 0 Å². The molecular formula is C15H28N4O2. The molecule has 1 heterocycles. The van der Waals surface area contributed by atoms with Crippen LogP contribution < -0.4 is 10.6 Å². The van der Waals surface area contributed by atoms with E-state index in [0.29, 0.717) is 31.1 Å². The molecule has 0 radical (unpaired) electrons. The molecule has 0 atom stereocenters. The Balaban J connectivity index is 2.15. The van der Waals surface area contributed by atoms with Gasteiger partial charge >= 0.3 is 0 Å². The number of nitrogens with zero attached hydrogens (tertiary/aromatic N) is 2. The molecule has 21 heavy (non-hydrogen) atoms. The van der Waals surface area contributed by atoms with Crippen LogP contribution in [0.5, 0.6) is 0 Å². The number of aryl methyl sites for hydroxylation is 1. The predicted molar refractivity (Wildman–Crippen MR) is 82.1 cm³/mol. The molecule has 0 saturated carbocycles. The number of hydrogen-bond donors (Lipinski definition) is 2. The van der Waals surface area contributed by atoms with E-state index in [1.807, 2.05) is 20.8 Å². The number of aromatic nitrogens is 2. The molecule has 0 aromatic carbocycles. The molecule has 1 rings (SSSR count). The fraction of sp³-hybridized carbons (Fsp3) is 0.800. The summed E-state index contributed by atoms with van der Waals surface area (Å²) < 4.78 is 5.20. The van der Waals surface area contributed by atoms with Gasteiger partial charge in [-0.05, 0) is 19.4 Å². The van der Waals surface area contributed by atoms with Crippen LogP contribution in [-0.4, -0.2) is 35.7 Å². The zero-order valence-electron chi connectivity index (χ0n) is 13.7. The van der Waals surface area contributed by atoms with Crippen molar-refractivity contribution in [1.29, 1.82) is 0 Å². The number of hydrogen-bond acceptors (Lipinski definition) is 5. The molecular weight excluding hydrogens is 268 g/mol. The third-order valence-corrected chi connectivity index (χ3v) is 2.98. The van der Waals surface area contributed by atoms with E-state index in [1.165, 1.54) is 0 Å². The van der Waals surface area contributed by atoms with Crippen molar-refractivity contribution in [2.24, 2.45) is 0 Å². The van der Waals surface area contributed by atoms with Crippen LogP contribution in [0.4, 0.5) is 0 Å². The van der Waals surface area contributed by atoms with E-state index in [1.54, 1.807) is 0 Å². The van der Waals surface area contributed by atoms with E-state index in [0.717, 1.165) is 25.9 Å². The zero-order valence-corrected chi connectivity index (χ0v) is 13.7. The highest BCUT2D eigenvalue weighted by Crippen LogP contribution is 2.18. The number of rotatable bonds is 9. The molecule has 0 aliphatic carbocycles. The maximum Gasteiger partial charge on any atom is 0.226 e. The van der Waals surface area contributed by atoms with Gasteiger partial charge in [0.2, 0.25) is 11.8 Å². The van der Waals surface area contributed by atoms with Crippen molar-refractivity contribution >= 4 is 5.91 Å². The lowest BCUT2D eigenvalue weighted by atomic mass is 9.96. The topological polar surface area (TPSA) is 80.0 Å². The monoisotopic (exact) mass is 296 g/mol. The molecule has 1 amide bonds. The average molecular weight is 296 g/mol. The third-order valence-electron chi connectivity index (χ3n) is 2.98. The second kappa shape index (κ2) is 8.77. The molecule has 0 spiro atoms. The molecule has 2 N–H and O–H groups in total. The predicted octanol–water partition coefficient (Wildman–Crippen LogP) is 1.81. The van der Waals surface area contributed by atoms with Crippen molar-refractivity contribution in [3.63, 3.8) is 0 Å². The van der Waals surface area contributed by atoms with Gasteiger partial charge in [0.25, 0.3) is 0 Å². The first-order chi connectivity index (χ1) is 9.93. The molecule has 120 valence electrons. The summed E-state index contributed by atoms with van der Waals surface area (Å²) in [7, 11) is 0. The summed E-state index contributed by atoms with van der Waals surface area (Å²) in [5.41, 5.74) is -0.107. The van der Waals surface area contributed by atoms with Crippen LogP contribution in [-0.2, 0) is 16.6 Å². The van der Waals surface area contributed by atoms with Gasteiger partial charge in [-0.1, -0.05) is 32.9 Å². The first-order valence-electron chi connectivity index (χ1n) is 7.74. The molecule has 0 unspecified atom stereocenters. The number of carbonyl (C=O) groups is 1. The highest BCUT2D eigenvalue weighted by molar-refractivity contribution is 5.75.